The van der Waals surface area contributed by atoms with E-state index in [1.165, 1.54) is 0 Å². The predicted molar refractivity (Wildman–Crippen MR) is 72.1 cm³/mol. The van der Waals surface area contributed by atoms with E-state index < -0.39 is 18.0 Å². The molecule has 0 saturated heterocycles. The van der Waals surface area contributed by atoms with Gasteiger partial charge in [-0.2, -0.15) is 0 Å². The molecule has 0 heterocycles. The first-order valence-corrected chi connectivity index (χ1v) is 6.06. The lowest BCUT2D eigenvalue weighted by Gasteiger charge is -2.08. The SMILES string of the molecule is CCOC(=O)O/C=C(\NC(=O)c1ccccc1)C(=O)OC. The van der Waals surface area contributed by atoms with Gasteiger partial charge in [0.05, 0.1) is 13.7 Å². The molecule has 7 nitrogen and oxygen atoms in total. The van der Waals surface area contributed by atoms with Crippen LogP contribution in [0.3, 0.4) is 0 Å². The van der Waals surface area contributed by atoms with Crippen molar-refractivity contribution in [2.75, 3.05) is 13.7 Å². The van der Waals surface area contributed by atoms with Gasteiger partial charge in [0.2, 0.25) is 0 Å². The summed E-state index contributed by atoms with van der Waals surface area (Å²) >= 11 is 0. The van der Waals surface area contributed by atoms with Crippen LogP contribution in [0.25, 0.3) is 0 Å². The van der Waals surface area contributed by atoms with Crippen molar-refractivity contribution in [2.24, 2.45) is 0 Å². The molecule has 0 aliphatic carbocycles. The topological polar surface area (TPSA) is 90.9 Å². The van der Waals surface area contributed by atoms with E-state index in [9.17, 15) is 14.4 Å². The third kappa shape index (κ3) is 5.35. The molecule has 21 heavy (non-hydrogen) atoms. The summed E-state index contributed by atoms with van der Waals surface area (Å²) in [5.74, 6) is -1.40. The first-order chi connectivity index (χ1) is 10.1. The van der Waals surface area contributed by atoms with Gasteiger partial charge in [-0.25, -0.2) is 9.59 Å². The Balaban J connectivity index is 2.79. The van der Waals surface area contributed by atoms with Crippen molar-refractivity contribution in [3.8, 4) is 0 Å². The van der Waals surface area contributed by atoms with Gasteiger partial charge in [-0.05, 0) is 19.1 Å². The molecule has 0 aliphatic rings. The summed E-state index contributed by atoms with van der Waals surface area (Å²) in [5, 5.41) is 2.30. The molecule has 1 aromatic carbocycles. The summed E-state index contributed by atoms with van der Waals surface area (Å²) in [7, 11) is 1.13. The molecule has 1 amide bonds. The number of carbonyl (C=O) groups is 3. The summed E-state index contributed by atoms with van der Waals surface area (Å²) in [6.45, 7) is 1.72. The maximum Gasteiger partial charge on any atom is 0.513 e. The molecular weight excluding hydrogens is 278 g/mol. The van der Waals surface area contributed by atoms with Gasteiger partial charge in [0, 0.05) is 5.56 Å². The second-order valence-electron chi connectivity index (χ2n) is 3.64. The van der Waals surface area contributed by atoms with Gasteiger partial charge < -0.3 is 19.5 Å². The maximum absolute atomic E-state index is 11.9. The molecule has 1 rings (SSSR count). The lowest BCUT2D eigenvalue weighted by molar-refractivity contribution is -0.136. The van der Waals surface area contributed by atoms with Crippen molar-refractivity contribution in [3.05, 3.63) is 47.9 Å². The fourth-order valence-corrected chi connectivity index (χ4v) is 1.28. The molecule has 0 bridgehead atoms. The number of nitrogens with one attached hydrogen (secondary N) is 1. The van der Waals surface area contributed by atoms with Crippen LogP contribution in [0.4, 0.5) is 4.79 Å². The van der Waals surface area contributed by atoms with Gasteiger partial charge >= 0.3 is 12.1 Å². The number of carbonyl (C=O) groups excluding carboxylic acids is 3. The minimum absolute atomic E-state index is 0.122. The van der Waals surface area contributed by atoms with Gasteiger partial charge in [-0.15, -0.1) is 0 Å². The monoisotopic (exact) mass is 293 g/mol. The molecule has 0 aliphatic heterocycles. The van der Waals surface area contributed by atoms with Crippen LogP contribution in [-0.2, 0) is 19.0 Å². The standard InChI is InChI=1S/C14H15NO6/c1-3-20-14(18)21-9-11(13(17)19-2)15-12(16)10-7-5-4-6-8-10/h4-9H,3H2,1-2H3,(H,15,16)/b11-9-. The fraction of sp³-hybridized carbons (Fsp3) is 0.214. The van der Waals surface area contributed by atoms with Crippen molar-refractivity contribution >= 4 is 18.0 Å². The van der Waals surface area contributed by atoms with Crippen molar-refractivity contribution in [2.45, 2.75) is 6.92 Å². The Labute approximate surface area is 121 Å². The van der Waals surface area contributed by atoms with E-state index in [1.54, 1.807) is 37.3 Å². The van der Waals surface area contributed by atoms with E-state index in [1.807, 2.05) is 0 Å². The fourth-order valence-electron chi connectivity index (χ4n) is 1.28. The smallest absolute Gasteiger partial charge is 0.464 e. The number of hydrogen-bond acceptors (Lipinski definition) is 6. The van der Waals surface area contributed by atoms with Gasteiger partial charge in [0.15, 0.2) is 5.70 Å². The van der Waals surface area contributed by atoms with Crippen LogP contribution in [0.15, 0.2) is 42.3 Å². The van der Waals surface area contributed by atoms with E-state index in [-0.39, 0.29) is 12.3 Å². The summed E-state index contributed by atoms with van der Waals surface area (Å²) in [5.41, 5.74) is 0.0165. The number of methoxy groups -OCH3 is 1. The molecule has 0 spiro atoms. The highest BCUT2D eigenvalue weighted by molar-refractivity contribution is 6.00. The van der Waals surface area contributed by atoms with Crippen molar-refractivity contribution in [1.29, 1.82) is 0 Å². The van der Waals surface area contributed by atoms with Crippen LogP contribution in [0.5, 0.6) is 0 Å². The number of rotatable bonds is 5. The van der Waals surface area contributed by atoms with Gasteiger partial charge in [0.25, 0.3) is 5.91 Å². The van der Waals surface area contributed by atoms with Crippen LogP contribution >= 0.6 is 0 Å². The van der Waals surface area contributed by atoms with Crippen LogP contribution < -0.4 is 5.32 Å². The van der Waals surface area contributed by atoms with Gasteiger partial charge in [-0.1, -0.05) is 18.2 Å². The van der Waals surface area contributed by atoms with E-state index in [0.29, 0.717) is 5.56 Å². The molecule has 1 N–H and O–H groups in total. The minimum atomic E-state index is -0.993. The number of esters is 1. The number of hydrogen-bond donors (Lipinski definition) is 1. The summed E-state index contributed by atoms with van der Waals surface area (Å²) in [4.78, 5) is 34.5. The Kier molecular flexibility index (Phi) is 6.46. The largest absolute Gasteiger partial charge is 0.513 e. The average Bonchev–Trinajstić information content (AvgIpc) is 2.51. The number of benzene rings is 1. The Morgan fingerprint density at radius 3 is 2.43 bits per heavy atom. The Morgan fingerprint density at radius 1 is 1.19 bits per heavy atom. The highest BCUT2D eigenvalue weighted by Crippen LogP contribution is 2.02. The molecule has 0 fully saturated rings. The first-order valence-electron chi connectivity index (χ1n) is 6.06. The van der Waals surface area contributed by atoms with Gasteiger partial charge in [-0.3, -0.25) is 4.79 Å². The second kappa shape index (κ2) is 8.36. The highest BCUT2D eigenvalue weighted by atomic mass is 16.7. The Bertz CT molecular complexity index is 538. The summed E-state index contributed by atoms with van der Waals surface area (Å²) < 4.78 is 13.6. The zero-order valence-corrected chi connectivity index (χ0v) is 11.6. The first kappa shape index (κ1) is 16.2. The highest BCUT2D eigenvalue weighted by Gasteiger charge is 2.16. The summed E-state index contributed by atoms with van der Waals surface area (Å²) in [6.07, 6.45) is -0.224. The molecule has 0 atom stereocenters. The molecule has 112 valence electrons. The zero-order chi connectivity index (χ0) is 15.7. The quantitative estimate of drug-likeness (QED) is 0.504. The van der Waals surface area contributed by atoms with Crippen LogP contribution in [-0.4, -0.2) is 31.7 Å². The molecular formula is C14H15NO6. The average molecular weight is 293 g/mol. The number of amides is 1. The number of ether oxygens (including phenoxy) is 3. The Hall–Kier alpha value is -2.83. The van der Waals surface area contributed by atoms with E-state index in [2.05, 4.69) is 19.5 Å². The van der Waals surface area contributed by atoms with Gasteiger partial charge in [0.1, 0.15) is 6.26 Å². The van der Waals surface area contributed by atoms with E-state index in [4.69, 9.17) is 0 Å². The van der Waals surface area contributed by atoms with Crippen molar-refractivity contribution in [1.82, 2.24) is 5.32 Å². The zero-order valence-electron chi connectivity index (χ0n) is 11.6. The lowest BCUT2D eigenvalue weighted by atomic mass is 10.2. The normalized spacial score (nSPS) is 10.5. The molecule has 1 aromatic rings. The third-order valence-electron chi connectivity index (χ3n) is 2.22. The second-order valence-corrected chi connectivity index (χ2v) is 3.64. The Morgan fingerprint density at radius 2 is 1.86 bits per heavy atom. The summed E-state index contributed by atoms with van der Waals surface area (Å²) in [6, 6.07) is 8.22. The van der Waals surface area contributed by atoms with Crippen molar-refractivity contribution < 1.29 is 28.6 Å². The lowest BCUT2D eigenvalue weighted by Crippen LogP contribution is -2.28. The van der Waals surface area contributed by atoms with Crippen LogP contribution in [0.2, 0.25) is 0 Å². The minimum Gasteiger partial charge on any atom is -0.464 e. The third-order valence-corrected chi connectivity index (χ3v) is 2.22. The molecule has 0 aromatic heterocycles. The maximum atomic E-state index is 11.9. The van der Waals surface area contributed by atoms with E-state index in [0.717, 1.165) is 13.4 Å². The van der Waals surface area contributed by atoms with E-state index >= 15 is 0 Å². The van der Waals surface area contributed by atoms with Crippen LogP contribution in [0.1, 0.15) is 17.3 Å². The molecule has 7 heteroatoms. The molecule has 0 radical (unpaired) electrons. The predicted octanol–water partition coefficient (Wildman–Crippen LogP) is 1.60. The molecule has 0 saturated carbocycles. The van der Waals surface area contributed by atoms with Crippen molar-refractivity contribution in [3.63, 3.8) is 0 Å². The van der Waals surface area contributed by atoms with Crippen LogP contribution in [0, 0.1) is 0 Å². The molecule has 0 unspecified atom stereocenters.